The maximum atomic E-state index is 12.5. The highest BCUT2D eigenvalue weighted by Gasteiger charge is 2.33. The van der Waals surface area contributed by atoms with Crippen molar-refractivity contribution in [2.45, 2.75) is 38.0 Å². The summed E-state index contributed by atoms with van der Waals surface area (Å²) in [6.07, 6.45) is -0.126. The summed E-state index contributed by atoms with van der Waals surface area (Å²) in [5.74, 6) is 0. The largest absolute Gasteiger partial charge is 0.427 e. The molecule has 2 N–H and O–H groups in total. The van der Waals surface area contributed by atoms with Gasteiger partial charge in [-0.1, -0.05) is 6.42 Å². The van der Waals surface area contributed by atoms with Gasteiger partial charge in [0.25, 0.3) is 0 Å². The molecule has 1 fully saturated rings. The van der Waals surface area contributed by atoms with Gasteiger partial charge < -0.3 is 5.73 Å². The van der Waals surface area contributed by atoms with Gasteiger partial charge in [0, 0.05) is 12.6 Å². The molecule has 0 aliphatic carbocycles. The van der Waals surface area contributed by atoms with E-state index in [1.807, 2.05) is 0 Å². The predicted molar refractivity (Wildman–Crippen MR) is 64.2 cm³/mol. The molecule has 102 valence electrons. The highest BCUT2D eigenvalue weighted by molar-refractivity contribution is 7.11. The summed E-state index contributed by atoms with van der Waals surface area (Å²) in [7, 11) is 0. The Labute approximate surface area is 108 Å². The quantitative estimate of drug-likeness (QED) is 0.924. The van der Waals surface area contributed by atoms with E-state index >= 15 is 0 Å². The molecule has 7 heteroatoms. The van der Waals surface area contributed by atoms with Crippen LogP contribution < -0.4 is 5.73 Å². The number of piperidine rings is 1. The van der Waals surface area contributed by atoms with Gasteiger partial charge in [0.2, 0.25) is 0 Å². The number of rotatable bonds is 3. The van der Waals surface area contributed by atoms with Crippen molar-refractivity contribution in [1.82, 2.24) is 9.88 Å². The maximum absolute atomic E-state index is 12.5. The van der Waals surface area contributed by atoms with Crippen LogP contribution >= 0.6 is 11.3 Å². The van der Waals surface area contributed by atoms with Gasteiger partial charge in [-0.3, -0.25) is 4.90 Å². The third-order valence-corrected chi connectivity index (χ3v) is 4.22. The summed E-state index contributed by atoms with van der Waals surface area (Å²) >= 11 is 0.727. The van der Waals surface area contributed by atoms with E-state index in [9.17, 15) is 13.2 Å². The molecule has 1 saturated heterocycles. The molecule has 0 amide bonds. The molecule has 3 nitrogen and oxygen atoms in total. The van der Waals surface area contributed by atoms with E-state index in [-0.39, 0.29) is 6.04 Å². The third kappa shape index (κ3) is 3.21. The molecule has 18 heavy (non-hydrogen) atoms. The van der Waals surface area contributed by atoms with E-state index in [0.717, 1.165) is 43.3 Å². The average molecular weight is 279 g/mol. The fraction of sp³-hybridized carbons (Fsp3) is 0.727. The van der Waals surface area contributed by atoms with Crippen LogP contribution in [0.1, 0.15) is 29.1 Å². The molecule has 0 saturated carbocycles. The van der Waals surface area contributed by atoms with Gasteiger partial charge in [-0.2, -0.15) is 13.2 Å². The van der Waals surface area contributed by atoms with Crippen molar-refractivity contribution in [2.75, 3.05) is 13.1 Å². The monoisotopic (exact) mass is 279 g/mol. The Balaban J connectivity index is 2.02. The molecule has 0 bridgehead atoms. The first kappa shape index (κ1) is 13.8. The Bertz CT molecular complexity index is 391. The van der Waals surface area contributed by atoms with Crippen LogP contribution in [0.4, 0.5) is 13.2 Å². The van der Waals surface area contributed by atoms with Gasteiger partial charge in [0.15, 0.2) is 0 Å². The maximum Gasteiger partial charge on any atom is 0.427 e. The third-order valence-electron chi connectivity index (χ3n) is 3.19. The number of halogens is 3. The van der Waals surface area contributed by atoms with Crippen molar-refractivity contribution in [3.05, 3.63) is 16.1 Å². The first-order valence-corrected chi connectivity index (χ1v) is 6.78. The second-order valence-electron chi connectivity index (χ2n) is 4.47. The summed E-state index contributed by atoms with van der Waals surface area (Å²) in [5.41, 5.74) is 5.68. The molecule has 1 aromatic rings. The highest BCUT2D eigenvalue weighted by Crippen LogP contribution is 2.34. The Kier molecular flexibility index (Phi) is 4.24. The van der Waals surface area contributed by atoms with Crippen LogP contribution in [0.15, 0.2) is 6.20 Å². The lowest BCUT2D eigenvalue weighted by Crippen LogP contribution is -2.43. The van der Waals surface area contributed by atoms with E-state index in [4.69, 9.17) is 5.73 Å². The van der Waals surface area contributed by atoms with E-state index in [2.05, 4.69) is 9.88 Å². The van der Waals surface area contributed by atoms with E-state index in [0.29, 0.717) is 18.1 Å². The molecule has 0 radical (unpaired) electrons. The molecule has 0 aromatic carbocycles. The van der Waals surface area contributed by atoms with Crippen molar-refractivity contribution in [1.29, 1.82) is 0 Å². The van der Waals surface area contributed by atoms with Gasteiger partial charge in [-0.15, -0.1) is 11.3 Å². The fourth-order valence-electron chi connectivity index (χ4n) is 2.22. The van der Waals surface area contributed by atoms with Crippen LogP contribution in [0.2, 0.25) is 0 Å². The van der Waals surface area contributed by atoms with Crippen LogP contribution in [0.5, 0.6) is 0 Å². The molecular weight excluding hydrogens is 263 g/mol. The minimum atomic E-state index is -4.29. The van der Waals surface area contributed by atoms with E-state index in [1.165, 1.54) is 0 Å². The van der Waals surface area contributed by atoms with Gasteiger partial charge in [0.1, 0.15) is 9.88 Å². The van der Waals surface area contributed by atoms with Crippen molar-refractivity contribution in [3.8, 4) is 0 Å². The Morgan fingerprint density at radius 1 is 1.44 bits per heavy atom. The normalized spacial score (nSPS) is 22.3. The molecule has 1 aliphatic heterocycles. The van der Waals surface area contributed by atoms with E-state index < -0.39 is 11.1 Å². The highest BCUT2D eigenvalue weighted by atomic mass is 32.1. The molecule has 2 heterocycles. The predicted octanol–water partition coefficient (Wildman–Crippen LogP) is 2.48. The lowest BCUT2D eigenvalue weighted by molar-refractivity contribution is -0.134. The van der Waals surface area contributed by atoms with Crippen molar-refractivity contribution >= 4 is 11.3 Å². The summed E-state index contributed by atoms with van der Waals surface area (Å²) in [4.78, 5) is 5.38. The topological polar surface area (TPSA) is 42.1 Å². The van der Waals surface area contributed by atoms with Crippen LogP contribution in [0.25, 0.3) is 0 Å². The van der Waals surface area contributed by atoms with Crippen molar-refractivity contribution in [3.63, 3.8) is 0 Å². The minimum Gasteiger partial charge on any atom is -0.329 e. The van der Waals surface area contributed by atoms with Gasteiger partial charge in [0.05, 0.1) is 12.7 Å². The van der Waals surface area contributed by atoms with Gasteiger partial charge in [-0.25, -0.2) is 4.98 Å². The zero-order valence-electron chi connectivity index (χ0n) is 9.91. The van der Waals surface area contributed by atoms with Crippen LogP contribution in [-0.4, -0.2) is 29.0 Å². The number of likely N-dealkylation sites (tertiary alicyclic amines) is 1. The lowest BCUT2D eigenvalue weighted by atomic mass is 10.0. The number of aromatic nitrogens is 1. The minimum absolute atomic E-state index is 0.275. The Morgan fingerprint density at radius 2 is 2.22 bits per heavy atom. The Hall–Kier alpha value is -0.660. The molecule has 0 spiro atoms. The average Bonchev–Trinajstić information content (AvgIpc) is 2.78. The first-order valence-electron chi connectivity index (χ1n) is 5.96. The fourth-order valence-corrected chi connectivity index (χ4v) is 3.03. The summed E-state index contributed by atoms with van der Waals surface area (Å²) < 4.78 is 37.4. The number of nitrogens with zero attached hydrogens (tertiary/aromatic N) is 2. The van der Waals surface area contributed by atoms with Crippen LogP contribution in [-0.2, 0) is 12.7 Å². The Morgan fingerprint density at radius 3 is 2.83 bits per heavy atom. The number of alkyl halides is 3. The van der Waals surface area contributed by atoms with E-state index in [1.54, 1.807) is 0 Å². The standard InChI is InChI=1S/C11H16F3N3S/c12-11(13,14)9-6-16-10(18-9)7-17-4-2-1-3-8(17)5-15/h6,8H,1-5,7,15H2. The zero-order chi connectivity index (χ0) is 13.2. The molecule has 1 aliphatic rings. The second-order valence-corrected chi connectivity index (χ2v) is 5.59. The number of hydrogen-bond acceptors (Lipinski definition) is 4. The first-order chi connectivity index (χ1) is 8.50. The van der Waals surface area contributed by atoms with Crippen molar-refractivity contribution in [2.24, 2.45) is 5.73 Å². The molecule has 1 atom stereocenters. The van der Waals surface area contributed by atoms with Crippen LogP contribution in [0, 0.1) is 0 Å². The molecular formula is C11H16F3N3S. The molecule has 2 rings (SSSR count). The zero-order valence-corrected chi connectivity index (χ0v) is 10.7. The molecule has 1 aromatic heterocycles. The summed E-state index contributed by atoms with van der Waals surface area (Å²) in [5, 5.41) is 0.516. The van der Waals surface area contributed by atoms with Gasteiger partial charge >= 0.3 is 6.18 Å². The van der Waals surface area contributed by atoms with Crippen LogP contribution in [0.3, 0.4) is 0 Å². The SMILES string of the molecule is NCC1CCCCN1Cc1ncc(C(F)(F)F)s1. The number of nitrogens with two attached hydrogens (primary N) is 1. The summed E-state index contributed by atoms with van der Waals surface area (Å²) in [6.45, 7) is 1.92. The van der Waals surface area contributed by atoms with Gasteiger partial charge in [-0.05, 0) is 19.4 Å². The molecule has 1 unspecified atom stereocenters. The van der Waals surface area contributed by atoms with Crippen molar-refractivity contribution < 1.29 is 13.2 Å². The smallest absolute Gasteiger partial charge is 0.329 e. The summed E-state index contributed by atoms with van der Waals surface area (Å²) in [6, 6.07) is 0.275. The second kappa shape index (κ2) is 5.54. The number of thiazole rings is 1. The lowest BCUT2D eigenvalue weighted by Gasteiger charge is -2.34. The number of hydrogen-bond donors (Lipinski definition) is 1.